The molecule has 1 aromatic heterocycles. The lowest BCUT2D eigenvalue weighted by atomic mass is 10.1. The van der Waals surface area contributed by atoms with Crippen molar-refractivity contribution in [2.24, 2.45) is 7.05 Å². The third-order valence-corrected chi connectivity index (χ3v) is 3.49. The number of rotatable bonds is 3. The zero-order valence-corrected chi connectivity index (χ0v) is 12.8. The summed E-state index contributed by atoms with van der Waals surface area (Å²) < 4.78 is 2.65. The van der Waals surface area contributed by atoms with Crippen LogP contribution < -0.4 is 5.32 Å². The number of benzene rings is 1. The van der Waals surface area contributed by atoms with E-state index in [-0.39, 0.29) is 5.91 Å². The molecule has 100 valence electrons. The van der Waals surface area contributed by atoms with Crippen LogP contribution in [0, 0.1) is 13.8 Å². The quantitative estimate of drug-likeness (QED) is 0.944. The highest BCUT2D eigenvalue weighted by atomic mass is 79.9. The highest BCUT2D eigenvalue weighted by Gasteiger charge is 2.10. The average Bonchev–Trinajstić information content (AvgIpc) is 2.68. The molecule has 0 unspecified atom stereocenters. The molecule has 1 heterocycles. The number of carbonyl (C=O) groups is 1. The molecule has 0 spiro atoms. The number of nitrogens with one attached hydrogen (secondary N) is 1. The molecule has 2 rings (SSSR count). The molecule has 0 aliphatic carbocycles. The summed E-state index contributed by atoms with van der Waals surface area (Å²) in [5.74, 6) is -0.0675. The standard InChI is InChI=1S/C14H16BrN3O/c1-9-4-5-12(15)6-13(9)14(19)16-7-11-8-18(3)17-10(11)2/h4-6,8H,7H2,1-3H3,(H,16,19). The Morgan fingerprint density at radius 1 is 1.42 bits per heavy atom. The fourth-order valence-corrected chi connectivity index (χ4v) is 2.29. The molecule has 0 radical (unpaired) electrons. The predicted molar refractivity (Wildman–Crippen MR) is 78.0 cm³/mol. The second-order valence-electron chi connectivity index (χ2n) is 4.56. The van der Waals surface area contributed by atoms with Crippen LogP contribution in [0.2, 0.25) is 0 Å². The van der Waals surface area contributed by atoms with Crippen molar-refractivity contribution in [2.45, 2.75) is 20.4 Å². The van der Waals surface area contributed by atoms with Crippen molar-refractivity contribution >= 4 is 21.8 Å². The van der Waals surface area contributed by atoms with Gasteiger partial charge in [0.1, 0.15) is 0 Å². The Morgan fingerprint density at radius 2 is 2.16 bits per heavy atom. The van der Waals surface area contributed by atoms with E-state index in [1.54, 1.807) is 4.68 Å². The minimum Gasteiger partial charge on any atom is -0.348 e. The summed E-state index contributed by atoms with van der Waals surface area (Å²) in [6.45, 7) is 4.35. The Bertz CT molecular complexity index is 619. The van der Waals surface area contributed by atoms with Crippen LogP contribution in [0.1, 0.15) is 27.2 Å². The van der Waals surface area contributed by atoms with Crippen LogP contribution in [0.3, 0.4) is 0 Å². The summed E-state index contributed by atoms with van der Waals surface area (Å²) in [4.78, 5) is 12.1. The van der Waals surface area contributed by atoms with Gasteiger partial charge in [0.15, 0.2) is 0 Å². The molecule has 2 aromatic rings. The van der Waals surface area contributed by atoms with E-state index in [0.717, 1.165) is 21.3 Å². The maximum atomic E-state index is 12.1. The lowest BCUT2D eigenvalue weighted by Gasteiger charge is -2.07. The number of halogens is 1. The zero-order valence-electron chi connectivity index (χ0n) is 11.2. The number of amides is 1. The fraction of sp³-hybridized carbons (Fsp3) is 0.286. The molecule has 1 amide bonds. The Morgan fingerprint density at radius 3 is 2.79 bits per heavy atom. The van der Waals surface area contributed by atoms with Crippen molar-refractivity contribution in [3.63, 3.8) is 0 Å². The highest BCUT2D eigenvalue weighted by molar-refractivity contribution is 9.10. The Balaban J connectivity index is 2.09. The van der Waals surface area contributed by atoms with E-state index in [1.165, 1.54) is 0 Å². The third-order valence-electron chi connectivity index (χ3n) is 3.00. The van der Waals surface area contributed by atoms with Gasteiger partial charge in [-0.05, 0) is 31.5 Å². The van der Waals surface area contributed by atoms with Crippen molar-refractivity contribution < 1.29 is 4.79 Å². The molecular weight excluding hydrogens is 306 g/mol. The minimum absolute atomic E-state index is 0.0675. The van der Waals surface area contributed by atoms with Crippen molar-refractivity contribution in [1.29, 1.82) is 0 Å². The molecule has 0 bridgehead atoms. The van der Waals surface area contributed by atoms with E-state index < -0.39 is 0 Å². The smallest absolute Gasteiger partial charge is 0.251 e. The predicted octanol–water partition coefficient (Wildman–Crippen LogP) is 2.73. The van der Waals surface area contributed by atoms with E-state index in [0.29, 0.717) is 12.1 Å². The first kappa shape index (κ1) is 13.8. The van der Waals surface area contributed by atoms with Gasteiger partial charge in [0.25, 0.3) is 5.91 Å². The normalized spacial score (nSPS) is 10.5. The molecule has 0 fully saturated rings. The van der Waals surface area contributed by atoms with Crippen molar-refractivity contribution in [1.82, 2.24) is 15.1 Å². The van der Waals surface area contributed by atoms with E-state index in [2.05, 4.69) is 26.3 Å². The SMILES string of the molecule is Cc1ccc(Br)cc1C(=O)NCc1cn(C)nc1C. The van der Waals surface area contributed by atoms with Crippen molar-refractivity contribution in [2.75, 3.05) is 0 Å². The van der Waals surface area contributed by atoms with Crippen LogP contribution in [0.5, 0.6) is 0 Å². The van der Waals surface area contributed by atoms with E-state index in [1.807, 2.05) is 45.3 Å². The molecule has 0 saturated heterocycles. The van der Waals surface area contributed by atoms with Crippen LogP contribution >= 0.6 is 15.9 Å². The monoisotopic (exact) mass is 321 g/mol. The van der Waals surface area contributed by atoms with Gasteiger partial charge in [0, 0.05) is 35.4 Å². The topological polar surface area (TPSA) is 46.9 Å². The summed E-state index contributed by atoms with van der Waals surface area (Å²) >= 11 is 3.38. The van der Waals surface area contributed by atoms with E-state index >= 15 is 0 Å². The van der Waals surface area contributed by atoms with Crippen LogP contribution in [0.25, 0.3) is 0 Å². The molecule has 0 aliphatic rings. The van der Waals surface area contributed by atoms with Gasteiger partial charge in [-0.15, -0.1) is 0 Å². The summed E-state index contributed by atoms with van der Waals surface area (Å²) in [7, 11) is 1.87. The number of nitrogens with zero attached hydrogens (tertiary/aromatic N) is 2. The Kier molecular flexibility index (Phi) is 4.04. The Labute approximate surface area is 120 Å². The van der Waals surface area contributed by atoms with Gasteiger partial charge in [-0.1, -0.05) is 22.0 Å². The van der Waals surface area contributed by atoms with Gasteiger partial charge < -0.3 is 5.32 Å². The van der Waals surface area contributed by atoms with Gasteiger partial charge >= 0.3 is 0 Å². The average molecular weight is 322 g/mol. The molecule has 0 saturated carbocycles. The van der Waals surface area contributed by atoms with Crippen molar-refractivity contribution in [3.8, 4) is 0 Å². The van der Waals surface area contributed by atoms with Crippen LogP contribution in [-0.4, -0.2) is 15.7 Å². The molecular formula is C14H16BrN3O. The molecule has 4 nitrogen and oxygen atoms in total. The number of aromatic nitrogens is 2. The molecule has 1 aromatic carbocycles. The second kappa shape index (κ2) is 5.57. The molecule has 5 heteroatoms. The number of hydrogen-bond donors (Lipinski definition) is 1. The maximum Gasteiger partial charge on any atom is 0.251 e. The first-order chi connectivity index (χ1) is 8.97. The molecule has 0 aliphatic heterocycles. The first-order valence-corrected chi connectivity index (χ1v) is 6.80. The van der Waals surface area contributed by atoms with Crippen LogP contribution in [0.4, 0.5) is 0 Å². The number of hydrogen-bond acceptors (Lipinski definition) is 2. The molecule has 0 atom stereocenters. The minimum atomic E-state index is -0.0675. The maximum absolute atomic E-state index is 12.1. The first-order valence-electron chi connectivity index (χ1n) is 6.01. The van der Waals surface area contributed by atoms with Gasteiger partial charge in [-0.3, -0.25) is 9.48 Å². The summed E-state index contributed by atoms with van der Waals surface area (Å²) in [6.07, 6.45) is 1.92. The van der Waals surface area contributed by atoms with Crippen LogP contribution in [-0.2, 0) is 13.6 Å². The van der Waals surface area contributed by atoms with Gasteiger partial charge in [-0.25, -0.2) is 0 Å². The lowest BCUT2D eigenvalue weighted by molar-refractivity contribution is 0.0950. The van der Waals surface area contributed by atoms with Gasteiger partial charge in [-0.2, -0.15) is 5.10 Å². The largest absolute Gasteiger partial charge is 0.348 e. The summed E-state index contributed by atoms with van der Waals surface area (Å²) in [5, 5.41) is 7.18. The summed E-state index contributed by atoms with van der Waals surface area (Å²) in [6, 6.07) is 5.69. The van der Waals surface area contributed by atoms with Crippen molar-refractivity contribution in [3.05, 3.63) is 51.3 Å². The van der Waals surface area contributed by atoms with Gasteiger partial charge in [0.2, 0.25) is 0 Å². The summed E-state index contributed by atoms with van der Waals surface area (Å²) in [5.41, 5.74) is 3.62. The molecule has 1 N–H and O–H groups in total. The fourth-order valence-electron chi connectivity index (χ4n) is 1.93. The van der Waals surface area contributed by atoms with Gasteiger partial charge in [0.05, 0.1) is 5.69 Å². The molecule has 19 heavy (non-hydrogen) atoms. The zero-order chi connectivity index (χ0) is 14.0. The van der Waals surface area contributed by atoms with E-state index in [4.69, 9.17) is 0 Å². The highest BCUT2D eigenvalue weighted by Crippen LogP contribution is 2.16. The number of aryl methyl sites for hydroxylation is 3. The third kappa shape index (κ3) is 3.23. The Hall–Kier alpha value is -1.62. The van der Waals surface area contributed by atoms with Crippen LogP contribution in [0.15, 0.2) is 28.9 Å². The second-order valence-corrected chi connectivity index (χ2v) is 5.47. The lowest BCUT2D eigenvalue weighted by Crippen LogP contribution is -2.23. The number of carbonyl (C=O) groups excluding carboxylic acids is 1. The van der Waals surface area contributed by atoms with E-state index in [9.17, 15) is 4.79 Å².